The van der Waals surface area contributed by atoms with Crippen molar-refractivity contribution in [3.63, 3.8) is 0 Å². The fraction of sp³-hybridized carbons (Fsp3) is 0.222. The number of hydrogen-bond acceptors (Lipinski definition) is 3. The number of aromatic hydroxyl groups is 1. The van der Waals surface area contributed by atoms with Crippen LogP contribution >= 0.6 is 0 Å². The Morgan fingerprint density at radius 3 is 2.38 bits per heavy atom. The largest absolute Gasteiger partial charge is 0.508 e. The van der Waals surface area contributed by atoms with Crippen molar-refractivity contribution in [1.29, 1.82) is 0 Å². The van der Waals surface area contributed by atoms with E-state index in [9.17, 15) is 5.11 Å². The molecule has 1 aromatic heterocycles. The second kappa shape index (κ2) is 4.85. The van der Waals surface area contributed by atoms with Gasteiger partial charge in [-0.05, 0) is 49.2 Å². The van der Waals surface area contributed by atoms with Crippen LogP contribution in [0, 0.1) is 0 Å². The van der Waals surface area contributed by atoms with E-state index in [1.165, 1.54) is 23.9 Å². The summed E-state index contributed by atoms with van der Waals surface area (Å²) in [5.74, 6) is 1.18. The van der Waals surface area contributed by atoms with E-state index < -0.39 is 0 Å². The topological polar surface area (TPSA) is 36.6 Å². The molecule has 4 rings (SSSR count). The van der Waals surface area contributed by atoms with Crippen LogP contribution in [-0.4, -0.2) is 18.2 Å². The first-order valence-corrected chi connectivity index (χ1v) is 7.39. The van der Waals surface area contributed by atoms with Crippen LogP contribution in [-0.2, 0) is 0 Å². The van der Waals surface area contributed by atoms with Crippen LogP contribution < -0.4 is 4.90 Å². The average Bonchev–Trinajstić information content (AvgIpc) is 3.14. The summed E-state index contributed by atoms with van der Waals surface area (Å²) in [6.45, 7) is 2.16. The zero-order valence-corrected chi connectivity index (χ0v) is 11.7. The molecule has 3 heteroatoms. The van der Waals surface area contributed by atoms with Crippen molar-refractivity contribution in [2.24, 2.45) is 0 Å². The second-order valence-electron chi connectivity index (χ2n) is 5.52. The van der Waals surface area contributed by atoms with Crippen LogP contribution in [0.4, 0.5) is 5.69 Å². The first-order valence-electron chi connectivity index (χ1n) is 7.39. The Kier molecular flexibility index (Phi) is 2.85. The third-order valence-electron chi connectivity index (χ3n) is 4.12. The van der Waals surface area contributed by atoms with Crippen LogP contribution in [0.1, 0.15) is 12.8 Å². The lowest BCUT2D eigenvalue weighted by Gasteiger charge is -2.17. The zero-order valence-electron chi connectivity index (χ0n) is 11.7. The SMILES string of the molecule is Oc1ccc(-c2oc3ccccc3c2N2CCCC2)cc1. The summed E-state index contributed by atoms with van der Waals surface area (Å²) in [5, 5.41) is 10.7. The molecule has 0 spiro atoms. The Balaban J connectivity index is 1.94. The van der Waals surface area contributed by atoms with Gasteiger partial charge >= 0.3 is 0 Å². The van der Waals surface area contributed by atoms with E-state index in [1.54, 1.807) is 12.1 Å². The van der Waals surface area contributed by atoms with Crippen molar-refractivity contribution in [3.05, 3.63) is 48.5 Å². The van der Waals surface area contributed by atoms with E-state index in [0.29, 0.717) is 0 Å². The quantitative estimate of drug-likeness (QED) is 0.755. The van der Waals surface area contributed by atoms with Crippen molar-refractivity contribution < 1.29 is 9.52 Å². The summed E-state index contributed by atoms with van der Waals surface area (Å²) in [4.78, 5) is 2.41. The van der Waals surface area contributed by atoms with Gasteiger partial charge in [0.05, 0.1) is 5.69 Å². The van der Waals surface area contributed by atoms with E-state index in [-0.39, 0.29) is 5.75 Å². The molecular formula is C18H17NO2. The van der Waals surface area contributed by atoms with Crippen LogP contribution in [0.5, 0.6) is 5.75 Å². The van der Waals surface area contributed by atoms with Crippen molar-refractivity contribution in [1.82, 2.24) is 0 Å². The van der Waals surface area contributed by atoms with E-state index in [2.05, 4.69) is 17.0 Å². The fourth-order valence-corrected chi connectivity index (χ4v) is 3.10. The summed E-state index contributed by atoms with van der Waals surface area (Å²) in [6, 6.07) is 15.4. The Morgan fingerprint density at radius 1 is 0.905 bits per heavy atom. The van der Waals surface area contributed by atoms with Crippen LogP contribution in [0.2, 0.25) is 0 Å². The maximum Gasteiger partial charge on any atom is 0.158 e. The predicted octanol–water partition coefficient (Wildman–Crippen LogP) is 4.41. The van der Waals surface area contributed by atoms with Gasteiger partial charge in [-0.15, -0.1) is 0 Å². The van der Waals surface area contributed by atoms with Crippen LogP contribution in [0.3, 0.4) is 0 Å². The number of furan rings is 1. The number of phenolic OH excluding ortho intramolecular Hbond substituents is 1. The van der Waals surface area contributed by atoms with Crippen molar-refractivity contribution >= 4 is 16.7 Å². The van der Waals surface area contributed by atoms with Gasteiger partial charge in [-0.3, -0.25) is 0 Å². The molecule has 2 aromatic carbocycles. The molecule has 0 bridgehead atoms. The number of anilines is 1. The molecule has 0 unspecified atom stereocenters. The minimum absolute atomic E-state index is 0.276. The van der Waals surface area contributed by atoms with E-state index in [0.717, 1.165) is 30.0 Å². The monoisotopic (exact) mass is 279 g/mol. The van der Waals surface area contributed by atoms with Crippen molar-refractivity contribution in [2.45, 2.75) is 12.8 Å². The summed E-state index contributed by atoms with van der Waals surface area (Å²) in [7, 11) is 0. The Morgan fingerprint density at radius 2 is 1.62 bits per heavy atom. The number of rotatable bonds is 2. The highest BCUT2D eigenvalue weighted by atomic mass is 16.3. The molecule has 3 aromatic rings. The van der Waals surface area contributed by atoms with Gasteiger partial charge in [0, 0.05) is 24.0 Å². The van der Waals surface area contributed by atoms with E-state index in [4.69, 9.17) is 4.42 Å². The number of hydrogen-bond donors (Lipinski definition) is 1. The van der Waals surface area contributed by atoms with Gasteiger partial charge in [-0.25, -0.2) is 0 Å². The highest BCUT2D eigenvalue weighted by Crippen LogP contribution is 2.41. The molecule has 3 nitrogen and oxygen atoms in total. The van der Waals surface area contributed by atoms with Crippen LogP contribution in [0.25, 0.3) is 22.3 Å². The summed E-state index contributed by atoms with van der Waals surface area (Å²) in [6.07, 6.45) is 2.46. The number of para-hydroxylation sites is 1. The first-order chi connectivity index (χ1) is 10.3. The minimum atomic E-state index is 0.276. The Bertz CT molecular complexity index is 768. The van der Waals surface area contributed by atoms with E-state index >= 15 is 0 Å². The molecule has 1 aliphatic rings. The molecule has 0 atom stereocenters. The number of nitrogens with zero attached hydrogens (tertiary/aromatic N) is 1. The molecule has 1 fully saturated rings. The Hall–Kier alpha value is -2.42. The highest BCUT2D eigenvalue weighted by Gasteiger charge is 2.23. The fourth-order valence-electron chi connectivity index (χ4n) is 3.10. The molecule has 1 aliphatic heterocycles. The van der Waals surface area contributed by atoms with Crippen LogP contribution in [0.15, 0.2) is 52.9 Å². The third-order valence-corrected chi connectivity index (χ3v) is 4.12. The highest BCUT2D eigenvalue weighted by molar-refractivity contribution is 5.99. The Labute approximate surface area is 123 Å². The number of phenols is 1. The molecule has 106 valence electrons. The van der Waals surface area contributed by atoms with Gasteiger partial charge in [-0.1, -0.05) is 12.1 Å². The molecule has 0 aliphatic carbocycles. The minimum Gasteiger partial charge on any atom is -0.508 e. The number of benzene rings is 2. The lowest BCUT2D eigenvalue weighted by molar-refractivity contribution is 0.475. The zero-order chi connectivity index (χ0) is 14.2. The van der Waals surface area contributed by atoms with Crippen molar-refractivity contribution in [3.8, 4) is 17.1 Å². The molecule has 21 heavy (non-hydrogen) atoms. The normalized spacial score (nSPS) is 15.0. The molecule has 0 saturated carbocycles. The molecule has 0 radical (unpaired) electrons. The van der Waals surface area contributed by atoms with Gasteiger partial charge in [0.15, 0.2) is 5.76 Å². The standard InChI is InChI=1S/C18H17NO2/c20-14-9-7-13(8-10-14)18-17(19-11-3-4-12-19)15-5-1-2-6-16(15)21-18/h1-2,5-10,20H,3-4,11-12H2. The van der Waals surface area contributed by atoms with Gasteiger partial charge < -0.3 is 14.4 Å². The summed E-state index contributed by atoms with van der Waals surface area (Å²) in [5.41, 5.74) is 3.11. The molecule has 0 amide bonds. The van der Waals surface area contributed by atoms with Crippen molar-refractivity contribution in [2.75, 3.05) is 18.0 Å². The third kappa shape index (κ3) is 2.05. The smallest absolute Gasteiger partial charge is 0.158 e. The molecule has 1 N–H and O–H groups in total. The van der Waals surface area contributed by atoms with E-state index in [1.807, 2.05) is 24.3 Å². The average molecular weight is 279 g/mol. The molecule has 2 heterocycles. The summed E-state index contributed by atoms with van der Waals surface area (Å²) < 4.78 is 6.11. The first kappa shape index (κ1) is 12.3. The van der Waals surface area contributed by atoms with Gasteiger partial charge in [0.2, 0.25) is 0 Å². The maximum atomic E-state index is 9.48. The van der Waals surface area contributed by atoms with Gasteiger partial charge in [0.25, 0.3) is 0 Å². The number of fused-ring (bicyclic) bond motifs is 1. The predicted molar refractivity (Wildman–Crippen MR) is 84.8 cm³/mol. The molecule has 1 saturated heterocycles. The van der Waals surface area contributed by atoms with Gasteiger partial charge in [-0.2, -0.15) is 0 Å². The summed E-state index contributed by atoms with van der Waals surface area (Å²) >= 11 is 0. The second-order valence-corrected chi connectivity index (χ2v) is 5.52. The maximum absolute atomic E-state index is 9.48. The molecular weight excluding hydrogens is 262 g/mol. The lowest BCUT2D eigenvalue weighted by atomic mass is 10.1. The lowest BCUT2D eigenvalue weighted by Crippen LogP contribution is -2.17. The van der Waals surface area contributed by atoms with Gasteiger partial charge in [0.1, 0.15) is 11.3 Å².